The molecule has 3 aromatic carbocycles. The predicted molar refractivity (Wildman–Crippen MR) is 117 cm³/mol. The summed E-state index contributed by atoms with van der Waals surface area (Å²) in [7, 11) is 0. The van der Waals surface area contributed by atoms with Gasteiger partial charge in [0.2, 0.25) is 0 Å². The van der Waals surface area contributed by atoms with Gasteiger partial charge in [0.05, 0.1) is 16.8 Å². The first-order valence-electron chi connectivity index (χ1n) is 8.29. The molecule has 0 atom stereocenters. The van der Waals surface area contributed by atoms with E-state index in [0.717, 1.165) is 4.47 Å². The number of hydrazone groups is 1. The third-order valence-corrected chi connectivity index (χ3v) is 4.82. The van der Waals surface area contributed by atoms with E-state index >= 15 is 0 Å². The van der Waals surface area contributed by atoms with E-state index in [1.807, 2.05) is 0 Å². The van der Waals surface area contributed by atoms with Crippen molar-refractivity contribution in [2.45, 2.75) is 0 Å². The molecule has 8 heteroatoms. The number of halogens is 3. The SMILES string of the molecule is O=C(N/N=C\c1cc(Br)ccc1OC(=O)c1ccccc1Cl)c1ccc(Cl)cc1. The number of rotatable bonds is 5. The molecule has 0 aliphatic carbocycles. The lowest BCUT2D eigenvalue weighted by Gasteiger charge is -2.09. The maximum Gasteiger partial charge on any atom is 0.345 e. The van der Waals surface area contributed by atoms with Crippen LogP contribution in [0.2, 0.25) is 10.0 Å². The third kappa shape index (κ3) is 5.67. The van der Waals surface area contributed by atoms with Gasteiger partial charge in [0.25, 0.3) is 5.91 Å². The average Bonchev–Trinajstić information content (AvgIpc) is 2.70. The number of amides is 1. The molecule has 146 valence electrons. The lowest BCUT2D eigenvalue weighted by atomic mass is 10.2. The van der Waals surface area contributed by atoms with Crippen LogP contribution in [0.5, 0.6) is 5.75 Å². The van der Waals surface area contributed by atoms with Gasteiger partial charge in [-0.3, -0.25) is 4.79 Å². The molecular weight excluding hydrogens is 479 g/mol. The Balaban J connectivity index is 1.75. The van der Waals surface area contributed by atoms with Crippen LogP contribution in [0.4, 0.5) is 0 Å². The first kappa shape index (κ1) is 21.0. The van der Waals surface area contributed by atoms with Gasteiger partial charge in [-0.15, -0.1) is 0 Å². The molecule has 0 aliphatic heterocycles. The van der Waals surface area contributed by atoms with E-state index in [9.17, 15) is 9.59 Å². The molecule has 0 bridgehead atoms. The Hall–Kier alpha value is -2.67. The second-order valence-electron chi connectivity index (χ2n) is 5.76. The minimum absolute atomic E-state index is 0.246. The molecule has 0 saturated heterocycles. The zero-order valence-corrected chi connectivity index (χ0v) is 17.8. The molecule has 1 N–H and O–H groups in total. The summed E-state index contributed by atoms with van der Waals surface area (Å²) in [5.41, 5.74) is 3.56. The zero-order chi connectivity index (χ0) is 20.8. The Bertz CT molecular complexity index is 1090. The van der Waals surface area contributed by atoms with Crippen molar-refractivity contribution in [1.29, 1.82) is 0 Å². The van der Waals surface area contributed by atoms with Gasteiger partial charge in [-0.2, -0.15) is 5.10 Å². The van der Waals surface area contributed by atoms with E-state index in [-0.39, 0.29) is 11.3 Å². The lowest BCUT2D eigenvalue weighted by Crippen LogP contribution is -2.17. The van der Waals surface area contributed by atoms with Gasteiger partial charge in [-0.05, 0) is 54.6 Å². The summed E-state index contributed by atoms with van der Waals surface area (Å²) < 4.78 is 6.21. The van der Waals surface area contributed by atoms with Crippen LogP contribution < -0.4 is 10.2 Å². The Morgan fingerprint density at radius 1 is 1.00 bits per heavy atom. The normalized spacial score (nSPS) is 10.7. The van der Waals surface area contributed by atoms with Crippen molar-refractivity contribution in [3.8, 4) is 5.75 Å². The van der Waals surface area contributed by atoms with Crippen molar-refractivity contribution in [2.75, 3.05) is 0 Å². The van der Waals surface area contributed by atoms with Crippen LogP contribution >= 0.6 is 39.1 Å². The second-order valence-corrected chi connectivity index (χ2v) is 7.52. The Kier molecular flexibility index (Phi) is 7.04. The monoisotopic (exact) mass is 490 g/mol. The van der Waals surface area contributed by atoms with Crippen LogP contribution in [0.25, 0.3) is 0 Å². The topological polar surface area (TPSA) is 67.8 Å². The maximum absolute atomic E-state index is 12.4. The van der Waals surface area contributed by atoms with Crippen molar-refractivity contribution in [2.24, 2.45) is 5.10 Å². The summed E-state index contributed by atoms with van der Waals surface area (Å²) in [6.45, 7) is 0. The number of hydrogen-bond acceptors (Lipinski definition) is 4. The van der Waals surface area contributed by atoms with Crippen LogP contribution in [0.15, 0.2) is 76.3 Å². The summed E-state index contributed by atoms with van der Waals surface area (Å²) >= 11 is 15.2. The molecule has 3 aromatic rings. The molecule has 0 radical (unpaired) electrons. The van der Waals surface area contributed by atoms with Crippen molar-refractivity contribution < 1.29 is 14.3 Å². The molecule has 1 amide bonds. The second kappa shape index (κ2) is 9.69. The minimum atomic E-state index is -0.599. The highest BCUT2D eigenvalue weighted by Crippen LogP contribution is 2.24. The van der Waals surface area contributed by atoms with Crippen LogP contribution in [0.3, 0.4) is 0 Å². The van der Waals surface area contributed by atoms with E-state index in [4.69, 9.17) is 27.9 Å². The maximum atomic E-state index is 12.4. The van der Waals surface area contributed by atoms with Crippen molar-refractivity contribution in [1.82, 2.24) is 5.43 Å². The van der Waals surface area contributed by atoms with Crippen molar-refractivity contribution in [3.63, 3.8) is 0 Å². The molecule has 0 unspecified atom stereocenters. The van der Waals surface area contributed by atoms with Gasteiger partial charge in [0, 0.05) is 20.6 Å². The fourth-order valence-corrected chi connectivity index (χ4v) is 3.04. The first-order valence-corrected chi connectivity index (χ1v) is 9.84. The molecule has 0 heterocycles. The highest BCUT2D eigenvalue weighted by molar-refractivity contribution is 9.10. The summed E-state index contributed by atoms with van der Waals surface area (Å²) in [4.78, 5) is 24.5. The summed E-state index contributed by atoms with van der Waals surface area (Å²) in [6.07, 6.45) is 1.38. The summed E-state index contributed by atoms with van der Waals surface area (Å²) in [5.74, 6) is -0.733. The van der Waals surface area contributed by atoms with E-state index < -0.39 is 11.9 Å². The van der Waals surface area contributed by atoms with Gasteiger partial charge in [0.1, 0.15) is 5.75 Å². The van der Waals surface area contributed by atoms with E-state index in [1.165, 1.54) is 6.21 Å². The average molecular weight is 492 g/mol. The standard InChI is InChI=1S/C21H13BrCl2N2O3/c22-15-7-10-19(29-21(28)17-3-1-2-4-18(17)24)14(11-15)12-25-26-20(27)13-5-8-16(23)9-6-13/h1-12H,(H,26,27)/b25-12-. The molecule has 29 heavy (non-hydrogen) atoms. The fraction of sp³-hybridized carbons (Fsp3) is 0. The molecular formula is C21H13BrCl2N2O3. The van der Waals surface area contributed by atoms with Crippen LogP contribution in [0.1, 0.15) is 26.3 Å². The van der Waals surface area contributed by atoms with Gasteiger partial charge in [0.15, 0.2) is 0 Å². The molecule has 0 aromatic heterocycles. The Labute approximate surface area is 185 Å². The van der Waals surface area contributed by atoms with Gasteiger partial charge < -0.3 is 4.74 Å². The van der Waals surface area contributed by atoms with E-state index in [1.54, 1.807) is 66.7 Å². The molecule has 0 aliphatic rings. The zero-order valence-electron chi connectivity index (χ0n) is 14.7. The number of esters is 1. The number of nitrogens with zero attached hydrogens (tertiary/aromatic N) is 1. The van der Waals surface area contributed by atoms with Crippen molar-refractivity contribution >= 4 is 57.2 Å². The molecule has 0 spiro atoms. The summed E-state index contributed by atoms with van der Waals surface area (Å²) in [5, 5.41) is 4.77. The van der Waals surface area contributed by atoms with E-state index in [2.05, 4.69) is 26.5 Å². The van der Waals surface area contributed by atoms with Crippen LogP contribution in [-0.2, 0) is 0 Å². The predicted octanol–water partition coefficient (Wildman–Crippen LogP) is 5.74. The molecule has 5 nitrogen and oxygen atoms in total. The summed E-state index contributed by atoms with van der Waals surface area (Å²) in [6, 6.07) is 18.0. The van der Waals surface area contributed by atoms with E-state index in [0.29, 0.717) is 21.2 Å². The van der Waals surface area contributed by atoms with Gasteiger partial charge in [-0.25, -0.2) is 10.2 Å². The molecule has 0 saturated carbocycles. The molecule has 0 fully saturated rings. The van der Waals surface area contributed by atoms with Crippen LogP contribution in [0, 0.1) is 0 Å². The number of hydrogen-bond donors (Lipinski definition) is 1. The smallest absolute Gasteiger partial charge is 0.345 e. The van der Waals surface area contributed by atoms with Crippen molar-refractivity contribution in [3.05, 3.63) is 97.9 Å². The number of ether oxygens (including phenoxy) is 1. The Morgan fingerprint density at radius 3 is 2.45 bits per heavy atom. The number of benzene rings is 3. The quantitative estimate of drug-likeness (QED) is 0.214. The highest BCUT2D eigenvalue weighted by Gasteiger charge is 2.14. The van der Waals surface area contributed by atoms with Gasteiger partial charge in [-0.1, -0.05) is 51.3 Å². The third-order valence-electron chi connectivity index (χ3n) is 3.74. The lowest BCUT2D eigenvalue weighted by molar-refractivity contribution is 0.0734. The largest absolute Gasteiger partial charge is 0.422 e. The highest BCUT2D eigenvalue weighted by atomic mass is 79.9. The minimum Gasteiger partial charge on any atom is -0.422 e. The Morgan fingerprint density at radius 2 is 1.72 bits per heavy atom. The number of carbonyl (C=O) groups excluding carboxylic acids is 2. The first-order chi connectivity index (χ1) is 13.9. The van der Waals surface area contributed by atoms with Gasteiger partial charge >= 0.3 is 5.97 Å². The number of nitrogens with one attached hydrogen (secondary N) is 1. The fourth-order valence-electron chi connectivity index (χ4n) is 2.32. The van der Waals surface area contributed by atoms with Crippen LogP contribution in [-0.4, -0.2) is 18.1 Å². The molecule has 3 rings (SSSR count). The number of carbonyl (C=O) groups is 2.